The van der Waals surface area contributed by atoms with Crippen molar-refractivity contribution in [3.8, 4) is 0 Å². The summed E-state index contributed by atoms with van der Waals surface area (Å²) < 4.78 is 0. The van der Waals surface area contributed by atoms with E-state index < -0.39 is 0 Å². The fraction of sp³-hybridized carbons (Fsp3) is 0.875. The molecule has 0 heterocycles. The van der Waals surface area contributed by atoms with Crippen molar-refractivity contribution in [1.82, 2.24) is 10.6 Å². The van der Waals surface area contributed by atoms with Crippen molar-refractivity contribution < 1.29 is 9.59 Å². The zero-order chi connectivity index (χ0) is 15.7. The van der Waals surface area contributed by atoms with Crippen LogP contribution in [-0.4, -0.2) is 30.9 Å². The van der Waals surface area contributed by atoms with Gasteiger partial charge in [0, 0.05) is 19.0 Å². The van der Waals surface area contributed by atoms with Crippen molar-refractivity contribution in [3.63, 3.8) is 0 Å². The van der Waals surface area contributed by atoms with Gasteiger partial charge in [0.15, 0.2) is 0 Å². The Bertz CT molecular complexity index is 331. The van der Waals surface area contributed by atoms with Crippen molar-refractivity contribution >= 4 is 24.2 Å². The zero-order valence-corrected chi connectivity index (χ0v) is 14.7. The van der Waals surface area contributed by atoms with E-state index in [0.717, 1.165) is 19.3 Å². The molecule has 0 bridgehead atoms. The number of hydrogen-bond donors (Lipinski definition) is 3. The number of hydrogen-bond acceptors (Lipinski definition) is 3. The Balaban J connectivity index is 0.00000441. The van der Waals surface area contributed by atoms with Crippen LogP contribution in [0.3, 0.4) is 0 Å². The predicted molar refractivity (Wildman–Crippen MR) is 91.9 cm³/mol. The lowest BCUT2D eigenvalue weighted by Gasteiger charge is -2.21. The summed E-state index contributed by atoms with van der Waals surface area (Å²) in [5.74, 6) is 0.826. The Labute approximate surface area is 140 Å². The van der Waals surface area contributed by atoms with Gasteiger partial charge in [0.1, 0.15) is 0 Å². The normalized spacial score (nSPS) is 16.7. The number of carbonyl (C=O) groups excluding carboxylic acids is 2. The lowest BCUT2D eigenvalue weighted by atomic mass is 9.87. The lowest BCUT2D eigenvalue weighted by molar-refractivity contribution is -0.127. The molecule has 0 radical (unpaired) electrons. The summed E-state index contributed by atoms with van der Waals surface area (Å²) in [5.41, 5.74) is 5.65. The van der Waals surface area contributed by atoms with Gasteiger partial charge in [-0.1, -0.05) is 33.1 Å². The van der Waals surface area contributed by atoms with E-state index in [4.69, 9.17) is 5.73 Å². The SMILES string of the molecule is CC(C)CC(CN)NC(=O)CNC(=O)CC1CCCCC1.Cl. The summed E-state index contributed by atoms with van der Waals surface area (Å²) in [5, 5.41) is 5.60. The van der Waals surface area contributed by atoms with Crippen LogP contribution in [0.15, 0.2) is 0 Å². The third kappa shape index (κ3) is 9.26. The molecular weight excluding hydrogens is 302 g/mol. The highest BCUT2D eigenvalue weighted by atomic mass is 35.5. The molecule has 1 rings (SSSR count). The summed E-state index contributed by atoms with van der Waals surface area (Å²) in [6.45, 7) is 4.68. The van der Waals surface area contributed by atoms with Gasteiger partial charge in [-0.3, -0.25) is 9.59 Å². The zero-order valence-electron chi connectivity index (χ0n) is 13.9. The number of halogens is 1. The quantitative estimate of drug-likeness (QED) is 0.635. The topological polar surface area (TPSA) is 84.2 Å². The summed E-state index contributed by atoms with van der Waals surface area (Å²) >= 11 is 0. The molecule has 1 aliphatic carbocycles. The average Bonchev–Trinajstić information content (AvgIpc) is 2.45. The third-order valence-corrected chi connectivity index (χ3v) is 4.05. The standard InChI is InChI=1S/C16H31N3O2.ClH/c1-12(2)8-14(10-17)19-16(21)11-18-15(20)9-13-6-4-3-5-7-13;/h12-14H,3-11,17H2,1-2H3,(H,18,20)(H,19,21);1H. The number of rotatable bonds is 8. The molecule has 1 fully saturated rings. The van der Waals surface area contributed by atoms with Gasteiger partial charge in [-0.25, -0.2) is 0 Å². The number of amides is 2. The van der Waals surface area contributed by atoms with Gasteiger partial charge in [0.2, 0.25) is 11.8 Å². The van der Waals surface area contributed by atoms with E-state index in [9.17, 15) is 9.59 Å². The Morgan fingerprint density at radius 3 is 2.32 bits per heavy atom. The van der Waals surface area contributed by atoms with Gasteiger partial charge in [0.25, 0.3) is 0 Å². The maximum Gasteiger partial charge on any atom is 0.239 e. The highest BCUT2D eigenvalue weighted by Gasteiger charge is 2.18. The van der Waals surface area contributed by atoms with Crippen LogP contribution in [0.5, 0.6) is 0 Å². The smallest absolute Gasteiger partial charge is 0.239 e. The minimum atomic E-state index is -0.150. The first-order valence-corrected chi connectivity index (χ1v) is 8.27. The molecule has 22 heavy (non-hydrogen) atoms. The maximum atomic E-state index is 11.8. The molecular formula is C16H32ClN3O2. The molecule has 4 N–H and O–H groups in total. The fourth-order valence-electron chi connectivity index (χ4n) is 2.97. The van der Waals surface area contributed by atoms with Gasteiger partial charge >= 0.3 is 0 Å². The molecule has 130 valence electrons. The molecule has 1 atom stereocenters. The molecule has 1 unspecified atom stereocenters. The van der Waals surface area contributed by atoms with Crippen molar-refractivity contribution in [3.05, 3.63) is 0 Å². The third-order valence-electron chi connectivity index (χ3n) is 4.05. The molecule has 1 saturated carbocycles. The van der Waals surface area contributed by atoms with E-state index in [-0.39, 0.29) is 36.8 Å². The Morgan fingerprint density at radius 1 is 1.14 bits per heavy atom. The molecule has 0 saturated heterocycles. The van der Waals surface area contributed by atoms with Gasteiger partial charge < -0.3 is 16.4 Å². The van der Waals surface area contributed by atoms with Gasteiger partial charge in [0.05, 0.1) is 6.54 Å². The largest absolute Gasteiger partial charge is 0.351 e. The molecule has 0 spiro atoms. The second-order valence-corrected chi connectivity index (χ2v) is 6.61. The molecule has 2 amide bonds. The summed E-state index contributed by atoms with van der Waals surface area (Å²) in [4.78, 5) is 23.6. The van der Waals surface area contributed by atoms with Gasteiger partial charge in [-0.2, -0.15) is 0 Å². The molecule has 0 aliphatic heterocycles. The molecule has 0 aromatic heterocycles. The van der Waals surface area contributed by atoms with E-state index in [1.54, 1.807) is 0 Å². The van der Waals surface area contributed by atoms with Crippen molar-refractivity contribution in [2.45, 2.75) is 64.8 Å². The first-order valence-electron chi connectivity index (χ1n) is 8.27. The Kier molecular flexibility index (Phi) is 11.3. The Morgan fingerprint density at radius 2 is 1.77 bits per heavy atom. The highest BCUT2D eigenvalue weighted by Crippen LogP contribution is 2.25. The van der Waals surface area contributed by atoms with E-state index in [0.29, 0.717) is 24.8 Å². The number of nitrogens with one attached hydrogen (secondary N) is 2. The van der Waals surface area contributed by atoms with Crippen LogP contribution in [0, 0.1) is 11.8 Å². The first-order chi connectivity index (χ1) is 10.0. The molecule has 5 nitrogen and oxygen atoms in total. The van der Waals surface area contributed by atoms with Gasteiger partial charge in [-0.05, 0) is 31.1 Å². The molecule has 6 heteroatoms. The van der Waals surface area contributed by atoms with Crippen molar-refractivity contribution in [1.29, 1.82) is 0 Å². The first kappa shape index (κ1) is 21.2. The lowest BCUT2D eigenvalue weighted by Crippen LogP contribution is -2.45. The average molecular weight is 334 g/mol. The minimum absolute atomic E-state index is 0. The van der Waals surface area contributed by atoms with E-state index in [1.165, 1.54) is 19.3 Å². The fourth-order valence-corrected chi connectivity index (χ4v) is 2.97. The van der Waals surface area contributed by atoms with Gasteiger partial charge in [-0.15, -0.1) is 12.4 Å². The van der Waals surface area contributed by atoms with Crippen LogP contribution in [0.4, 0.5) is 0 Å². The van der Waals surface area contributed by atoms with E-state index >= 15 is 0 Å². The van der Waals surface area contributed by atoms with Crippen LogP contribution in [-0.2, 0) is 9.59 Å². The molecule has 0 aromatic rings. The van der Waals surface area contributed by atoms with Crippen LogP contribution < -0.4 is 16.4 Å². The number of nitrogens with two attached hydrogens (primary N) is 1. The van der Waals surface area contributed by atoms with Crippen molar-refractivity contribution in [2.24, 2.45) is 17.6 Å². The highest BCUT2D eigenvalue weighted by molar-refractivity contribution is 5.85. The predicted octanol–water partition coefficient (Wildman–Crippen LogP) is 1.98. The van der Waals surface area contributed by atoms with Crippen LogP contribution >= 0.6 is 12.4 Å². The van der Waals surface area contributed by atoms with Crippen molar-refractivity contribution in [2.75, 3.05) is 13.1 Å². The molecule has 0 aromatic carbocycles. The second kappa shape index (κ2) is 11.7. The summed E-state index contributed by atoms with van der Waals surface area (Å²) in [6, 6.07) is -0.00672. The van der Waals surface area contributed by atoms with Crippen LogP contribution in [0.1, 0.15) is 58.8 Å². The second-order valence-electron chi connectivity index (χ2n) is 6.61. The van der Waals surface area contributed by atoms with E-state index in [2.05, 4.69) is 24.5 Å². The maximum absolute atomic E-state index is 11.8. The minimum Gasteiger partial charge on any atom is -0.351 e. The summed E-state index contributed by atoms with van der Waals surface area (Å²) in [7, 11) is 0. The Hall–Kier alpha value is -0.810. The molecule has 1 aliphatic rings. The monoisotopic (exact) mass is 333 g/mol. The number of carbonyl (C=O) groups is 2. The summed E-state index contributed by atoms with van der Waals surface area (Å²) in [6.07, 6.45) is 7.44. The van der Waals surface area contributed by atoms with Crippen LogP contribution in [0.25, 0.3) is 0 Å². The van der Waals surface area contributed by atoms with Crippen LogP contribution in [0.2, 0.25) is 0 Å². The van der Waals surface area contributed by atoms with E-state index in [1.807, 2.05) is 0 Å².